The zero-order chi connectivity index (χ0) is 16.9. The molecule has 2 heterocycles. The van der Waals surface area contributed by atoms with E-state index in [1.54, 1.807) is 6.92 Å². The molecular formula is C19H23N3O2. The molecule has 0 aliphatic carbocycles. The summed E-state index contributed by atoms with van der Waals surface area (Å²) >= 11 is 0. The van der Waals surface area contributed by atoms with Crippen molar-refractivity contribution in [2.45, 2.75) is 33.1 Å². The summed E-state index contributed by atoms with van der Waals surface area (Å²) in [5.41, 5.74) is 4.55. The zero-order valence-electron chi connectivity index (χ0n) is 14.2. The van der Waals surface area contributed by atoms with E-state index in [2.05, 4.69) is 33.5 Å². The third-order valence-corrected chi connectivity index (χ3v) is 4.22. The van der Waals surface area contributed by atoms with Gasteiger partial charge < -0.3 is 15.0 Å². The van der Waals surface area contributed by atoms with Gasteiger partial charge in [-0.2, -0.15) is 0 Å². The van der Waals surface area contributed by atoms with E-state index in [4.69, 9.17) is 4.74 Å². The first-order valence-electron chi connectivity index (χ1n) is 8.46. The molecule has 126 valence electrons. The Bertz CT molecular complexity index is 854. The minimum atomic E-state index is -0.339. The number of aryl methyl sites for hydroxylation is 2. The number of nitrogens with one attached hydrogen (secondary N) is 2. The van der Waals surface area contributed by atoms with Crippen LogP contribution in [-0.2, 0) is 11.2 Å². The SMILES string of the molecule is CCOC(=O)NCCCCc1cnc(C)c2[nH]c3ccccc3c12. The van der Waals surface area contributed by atoms with Crippen molar-refractivity contribution in [1.82, 2.24) is 15.3 Å². The number of alkyl carbamates (subject to hydrolysis) is 1. The topological polar surface area (TPSA) is 67.0 Å². The summed E-state index contributed by atoms with van der Waals surface area (Å²) in [6, 6.07) is 8.36. The van der Waals surface area contributed by atoms with Crippen molar-refractivity contribution in [3.05, 3.63) is 41.7 Å². The van der Waals surface area contributed by atoms with Crippen LogP contribution >= 0.6 is 0 Å². The lowest BCUT2D eigenvalue weighted by molar-refractivity contribution is 0.152. The molecule has 0 saturated heterocycles. The molecule has 0 spiro atoms. The van der Waals surface area contributed by atoms with Gasteiger partial charge >= 0.3 is 6.09 Å². The van der Waals surface area contributed by atoms with Gasteiger partial charge in [-0.05, 0) is 44.7 Å². The molecule has 0 radical (unpaired) electrons. The Kier molecular flexibility index (Phi) is 4.99. The van der Waals surface area contributed by atoms with Crippen LogP contribution in [0.3, 0.4) is 0 Å². The number of nitrogens with zero attached hydrogens (tertiary/aromatic N) is 1. The first-order chi connectivity index (χ1) is 11.7. The van der Waals surface area contributed by atoms with Gasteiger partial charge in [0.1, 0.15) is 0 Å². The highest BCUT2D eigenvalue weighted by Crippen LogP contribution is 2.30. The molecule has 5 nitrogen and oxygen atoms in total. The van der Waals surface area contributed by atoms with Gasteiger partial charge in [-0.1, -0.05) is 18.2 Å². The number of carbonyl (C=O) groups is 1. The number of unbranched alkanes of at least 4 members (excludes halogenated alkanes) is 1. The third kappa shape index (κ3) is 3.35. The molecule has 0 saturated carbocycles. The van der Waals surface area contributed by atoms with Crippen LogP contribution in [0.4, 0.5) is 4.79 Å². The second-order valence-electron chi connectivity index (χ2n) is 5.89. The maximum Gasteiger partial charge on any atom is 0.407 e. The largest absolute Gasteiger partial charge is 0.450 e. The third-order valence-electron chi connectivity index (χ3n) is 4.22. The number of rotatable bonds is 6. The smallest absolute Gasteiger partial charge is 0.407 e. The highest BCUT2D eigenvalue weighted by molar-refractivity contribution is 6.09. The first-order valence-corrected chi connectivity index (χ1v) is 8.46. The average molecular weight is 325 g/mol. The van der Waals surface area contributed by atoms with E-state index < -0.39 is 0 Å². The van der Waals surface area contributed by atoms with Crippen LogP contribution in [0.2, 0.25) is 0 Å². The van der Waals surface area contributed by atoms with Crippen LogP contribution in [0.5, 0.6) is 0 Å². The van der Waals surface area contributed by atoms with Crippen molar-refractivity contribution < 1.29 is 9.53 Å². The predicted molar refractivity (Wildman–Crippen MR) is 96.3 cm³/mol. The number of carbonyl (C=O) groups excluding carboxylic acids is 1. The number of para-hydroxylation sites is 1. The molecule has 3 rings (SSSR count). The van der Waals surface area contributed by atoms with Gasteiger partial charge in [0.25, 0.3) is 0 Å². The van der Waals surface area contributed by atoms with Gasteiger partial charge in [-0.15, -0.1) is 0 Å². The van der Waals surface area contributed by atoms with Crippen LogP contribution in [0, 0.1) is 6.92 Å². The van der Waals surface area contributed by atoms with Crippen molar-refractivity contribution in [3.63, 3.8) is 0 Å². The van der Waals surface area contributed by atoms with Gasteiger partial charge in [-0.3, -0.25) is 4.98 Å². The quantitative estimate of drug-likeness (QED) is 0.671. The average Bonchev–Trinajstić information content (AvgIpc) is 2.97. The monoisotopic (exact) mass is 325 g/mol. The molecule has 24 heavy (non-hydrogen) atoms. The second kappa shape index (κ2) is 7.34. The van der Waals surface area contributed by atoms with Crippen LogP contribution in [0.1, 0.15) is 31.0 Å². The minimum absolute atomic E-state index is 0.339. The summed E-state index contributed by atoms with van der Waals surface area (Å²) < 4.78 is 4.85. The number of hydrogen-bond acceptors (Lipinski definition) is 3. The van der Waals surface area contributed by atoms with Crippen molar-refractivity contribution in [2.75, 3.05) is 13.2 Å². The standard InChI is InChI=1S/C19H23N3O2/c1-3-24-19(23)20-11-7-6-8-14-12-21-13(2)18-17(14)15-9-4-5-10-16(15)22-18/h4-5,9-10,12,22H,3,6-8,11H2,1-2H3,(H,20,23). The Morgan fingerprint density at radius 2 is 2.12 bits per heavy atom. The number of benzene rings is 1. The Labute approximate surface area is 141 Å². The molecule has 5 heteroatoms. The van der Waals surface area contributed by atoms with E-state index in [0.717, 1.165) is 36.0 Å². The number of aromatic amines is 1. The van der Waals surface area contributed by atoms with Crippen molar-refractivity contribution >= 4 is 27.9 Å². The van der Waals surface area contributed by atoms with Crippen LogP contribution in [0.25, 0.3) is 21.8 Å². The molecule has 0 aliphatic rings. The summed E-state index contributed by atoms with van der Waals surface area (Å²) in [5, 5.41) is 5.28. The highest BCUT2D eigenvalue weighted by atomic mass is 16.5. The first kappa shape index (κ1) is 16.3. The van der Waals surface area contributed by atoms with E-state index in [1.807, 2.05) is 19.2 Å². The van der Waals surface area contributed by atoms with Crippen LogP contribution in [-0.4, -0.2) is 29.2 Å². The molecule has 2 N–H and O–H groups in total. The Balaban J connectivity index is 1.71. The summed E-state index contributed by atoms with van der Waals surface area (Å²) in [4.78, 5) is 19.3. The van der Waals surface area contributed by atoms with Gasteiger partial charge in [0, 0.05) is 29.0 Å². The van der Waals surface area contributed by atoms with Gasteiger partial charge in [0.2, 0.25) is 0 Å². The fourth-order valence-electron chi connectivity index (χ4n) is 3.05. The predicted octanol–water partition coefficient (Wildman–Crippen LogP) is 4.09. The van der Waals surface area contributed by atoms with Crippen molar-refractivity contribution in [2.24, 2.45) is 0 Å². The fraction of sp³-hybridized carbons (Fsp3) is 0.368. The van der Waals surface area contributed by atoms with Crippen LogP contribution < -0.4 is 5.32 Å². The number of aromatic nitrogens is 2. The van der Waals surface area contributed by atoms with E-state index in [-0.39, 0.29) is 6.09 Å². The molecule has 1 amide bonds. The van der Waals surface area contributed by atoms with E-state index in [9.17, 15) is 4.79 Å². The molecule has 0 aliphatic heterocycles. The van der Waals surface area contributed by atoms with E-state index >= 15 is 0 Å². The van der Waals surface area contributed by atoms with Gasteiger partial charge in [0.15, 0.2) is 0 Å². The molecule has 2 aromatic heterocycles. The summed E-state index contributed by atoms with van der Waals surface area (Å²) in [6.07, 6.45) is 4.49. The summed E-state index contributed by atoms with van der Waals surface area (Å²) in [7, 11) is 0. The number of ether oxygens (including phenoxy) is 1. The Morgan fingerprint density at radius 3 is 2.96 bits per heavy atom. The van der Waals surface area contributed by atoms with Gasteiger partial charge in [0.05, 0.1) is 17.8 Å². The number of pyridine rings is 1. The maximum atomic E-state index is 11.3. The fourth-order valence-corrected chi connectivity index (χ4v) is 3.05. The lowest BCUT2D eigenvalue weighted by atomic mass is 10.0. The maximum absolute atomic E-state index is 11.3. The number of hydrogen-bond donors (Lipinski definition) is 2. The Morgan fingerprint density at radius 1 is 1.29 bits per heavy atom. The minimum Gasteiger partial charge on any atom is -0.450 e. The summed E-state index contributed by atoms with van der Waals surface area (Å²) in [5.74, 6) is 0. The van der Waals surface area contributed by atoms with Crippen molar-refractivity contribution in [3.8, 4) is 0 Å². The van der Waals surface area contributed by atoms with E-state index in [0.29, 0.717) is 13.2 Å². The normalized spacial score (nSPS) is 11.1. The molecule has 0 atom stereocenters. The molecule has 0 unspecified atom stereocenters. The number of amides is 1. The van der Waals surface area contributed by atoms with Crippen LogP contribution in [0.15, 0.2) is 30.5 Å². The zero-order valence-corrected chi connectivity index (χ0v) is 14.2. The molecule has 1 aromatic carbocycles. The molecule has 0 fully saturated rings. The number of fused-ring (bicyclic) bond motifs is 3. The highest BCUT2D eigenvalue weighted by Gasteiger charge is 2.11. The van der Waals surface area contributed by atoms with E-state index in [1.165, 1.54) is 16.3 Å². The lowest BCUT2D eigenvalue weighted by Crippen LogP contribution is -2.25. The molecule has 0 bridgehead atoms. The molecular weight excluding hydrogens is 302 g/mol. The summed E-state index contributed by atoms with van der Waals surface area (Å²) in [6.45, 7) is 4.87. The second-order valence-corrected chi connectivity index (χ2v) is 5.89. The van der Waals surface area contributed by atoms with Crippen molar-refractivity contribution in [1.29, 1.82) is 0 Å². The lowest BCUT2D eigenvalue weighted by Gasteiger charge is -2.07. The Hall–Kier alpha value is -2.56. The number of H-pyrrole nitrogens is 1. The molecule has 3 aromatic rings. The van der Waals surface area contributed by atoms with Gasteiger partial charge in [-0.25, -0.2) is 4.79 Å².